The van der Waals surface area contributed by atoms with E-state index in [1.807, 2.05) is 29.0 Å². The Bertz CT molecular complexity index is 1590. The molecule has 1 aromatic heterocycles. The number of nitrogens with zero attached hydrogens (tertiary/aromatic N) is 3. The zero-order chi connectivity index (χ0) is 29.3. The van der Waals surface area contributed by atoms with Crippen LogP contribution in [0.5, 0.6) is 0 Å². The number of hydrogen-bond acceptors (Lipinski definition) is 10. The van der Waals surface area contributed by atoms with Crippen LogP contribution in [0.15, 0.2) is 53.4 Å². The average molecular weight is 585 g/mol. The second-order valence-corrected chi connectivity index (χ2v) is 11.7. The molecular weight excluding hydrogens is 552 g/mol. The van der Waals surface area contributed by atoms with Gasteiger partial charge in [0.25, 0.3) is 10.0 Å². The maximum atomic E-state index is 13.0. The molecule has 0 spiro atoms. The Hall–Kier alpha value is -3.32. The van der Waals surface area contributed by atoms with Crippen LogP contribution in [0.2, 0.25) is 0 Å². The van der Waals surface area contributed by atoms with Crippen LogP contribution in [0.4, 0.5) is 5.69 Å². The summed E-state index contributed by atoms with van der Waals surface area (Å²) in [4.78, 5) is 1.62. The van der Waals surface area contributed by atoms with E-state index in [0.717, 1.165) is 40.8 Å². The van der Waals surface area contributed by atoms with E-state index < -0.39 is 52.2 Å². The predicted molar refractivity (Wildman–Crippen MR) is 151 cm³/mol. The molecule has 2 saturated heterocycles. The summed E-state index contributed by atoms with van der Waals surface area (Å²) in [5, 5.41) is 51.5. The van der Waals surface area contributed by atoms with Gasteiger partial charge in [-0.15, -0.1) is 0 Å². The molecule has 2 aliphatic heterocycles. The molecule has 2 aliphatic rings. The first-order valence-corrected chi connectivity index (χ1v) is 14.6. The van der Waals surface area contributed by atoms with E-state index in [1.165, 1.54) is 6.08 Å². The van der Waals surface area contributed by atoms with E-state index in [0.29, 0.717) is 18.9 Å². The Labute approximate surface area is 237 Å². The molecule has 1 unspecified atom stereocenters. The van der Waals surface area contributed by atoms with Crippen molar-refractivity contribution in [2.75, 3.05) is 37.8 Å². The number of nitriles is 1. The van der Waals surface area contributed by atoms with Crippen molar-refractivity contribution >= 4 is 32.6 Å². The van der Waals surface area contributed by atoms with Crippen LogP contribution in [0, 0.1) is 11.3 Å². The summed E-state index contributed by atoms with van der Waals surface area (Å²) >= 11 is 0. The fourth-order valence-corrected chi connectivity index (χ4v) is 6.28. The van der Waals surface area contributed by atoms with Crippen molar-refractivity contribution in [3.8, 4) is 17.3 Å². The van der Waals surface area contributed by atoms with Crippen LogP contribution in [0.3, 0.4) is 0 Å². The summed E-state index contributed by atoms with van der Waals surface area (Å²) in [6, 6.07) is 15.8. The van der Waals surface area contributed by atoms with Gasteiger partial charge in [0.05, 0.1) is 19.8 Å². The number of allylic oxidation sites excluding steroid dienone is 1. The lowest BCUT2D eigenvalue weighted by molar-refractivity contribution is -0.251. The topological polar surface area (TPSA) is 178 Å². The van der Waals surface area contributed by atoms with Crippen molar-refractivity contribution < 1.29 is 38.3 Å². The minimum Gasteiger partial charge on any atom is -0.394 e. The van der Waals surface area contributed by atoms with Crippen molar-refractivity contribution in [2.24, 2.45) is 7.05 Å². The molecule has 2 aromatic carbocycles. The lowest BCUT2D eigenvalue weighted by atomic mass is 9.98. The predicted octanol–water partition coefficient (Wildman–Crippen LogP) is 0.266. The van der Waals surface area contributed by atoms with Gasteiger partial charge in [0.2, 0.25) is 0 Å². The second kappa shape index (κ2) is 11.9. The number of aliphatic hydroxyl groups is 4. The maximum Gasteiger partial charge on any atom is 0.251 e. The largest absolute Gasteiger partial charge is 0.394 e. The number of nitrogens with one attached hydrogen (secondary N) is 1. The highest BCUT2D eigenvalue weighted by Gasteiger charge is 2.45. The molecule has 3 aromatic rings. The summed E-state index contributed by atoms with van der Waals surface area (Å²) in [5.41, 5.74) is 3.26. The van der Waals surface area contributed by atoms with Gasteiger partial charge in [0, 0.05) is 37.2 Å². The smallest absolute Gasteiger partial charge is 0.251 e. The molecule has 0 amide bonds. The zero-order valence-electron chi connectivity index (χ0n) is 22.3. The van der Waals surface area contributed by atoms with Gasteiger partial charge in [0.1, 0.15) is 30.4 Å². The van der Waals surface area contributed by atoms with Crippen LogP contribution >= 0.6 is 0 Å². The lowest BCUT2D eigenvalue weighted by Gasteiger charge is -2.40. The molecule has 13 heteroatoms. The number of sulfonamides is 1. The molecule has 0 radical (unpaired) electrons. The van der Waals surface area contributed by atoms with E-state index in [2.05, 4.69) is 23.1 Å². The summed E-state index contributed by atoms with van der Waals surface area (Å²) in [5.74, 6) is 0. The first kappa shape index (κ1) is 29.2. The highest BCUT2D eigenvalue weighted by atomic mass is 32.2. The molecule has 0 bridgehead atoms. The normalized spacial score (nSPS) is 25.8. The molecule has 218 valence electrons. The standard InChI is InChI=1S/C28H32N4O8S/c1-31-20(14-22(15-29)41(37,38)30-25-27(35)26(34)24(16-33)40-28(25)36)6-7-23(31)19-3-2-18-13-21(5-4-17(18)12-19)32-8-10-39-11-9-32/h2-7,12-14,24-28,30,33-36H,8-11,16H2,1H3/b22-14+/t24-,25-,26-,27-,28?/m1/s1. The fourth-order valence-electron chi connectivity index (χ4n) is 5.14. The van der Waals surface area contributed by atoms with Crippen molar-refractivity contribution in [3.05, 3.63) is 59.1 Å². The van der Waals surface area contributed by atoms with Gasteiger partial charge < -0.3 is 39.4 Å². The first-order valence-electron chi connectivity index (χ1n) is 13.1. The molecule has 12 nitrogen and oxygen atoms in total. The molecule has 0 saturated carbocycles. The fraction of sp³-hybridized carbons (Fsp3) is 0.393. The molecule has 41 heavy (non-hydrogen) atoms. The summed E-state index contributed by atoms with van der Waals surface area (Å²) < 4.78 is 40.3. The molecule has 5 rings (SSSR count). The maximum absolute atomic E-state index is 13.0. The van der Waals surface area contributed by atoms with Gasteiger partial charge in [-0.1, -0.05) is 18.2 Å². The second-order valence-electron chi connectivity index (χ2n) is 10.0. The monoisotopic (exact) mass is 584 g/mol. The van der Waals surface area contributed by atoms with Crippen LogP contribution in [-0.4, -0.2) is 97.0 Å². The third-order valence-electron chi connectivity index (χ3n) is 7.53. The molecule has 5 N–H and O–H groups in total. The number of morpholine rings is 1. The average Bonchev–Trinajstić information content (AvgIpc) is 3.35. The van der Waals surface area contributed by atoms with E-state index in [1.54, 1.807) is 23.8 Å². The van der Waals surface area contributed by atoms with Crippen molar-refractivity contribution in [2.45, 2.75) is 30.6 Å². The number of aliphatic hydroxyl groups excluding tert-OH is 4. The number of benzene rings is 2. The van der Waals surface area contributed by atoms with Crippen molar-refractivity contribution in [1.82, 2.24) is 9.29 Å². The van der Waals surface area contributed by atoms with Gasteiger partial charge >= 0.3 is 0 Å². The Kier molecular flexibility index (Phi) is 8.46. The summed E-state index contributed by atoms with van der Waals surface area (Å²) in [6.45, 7) is 2.42. The van der Waals surface area contributed by atoms with Crippen LogP contribution in [-0.2, 0) is 26.5 Å². The lowest BCUT2D eigenvalue weighted by Crippen LogP contribution is -2.64. The summed E-state index contributed by atoms with van der Waals surface area (Å²) in [6.07, 6.45) is -5.43. The van der Waals surface area contributed by atoms with Gasteiger partial charge in [-0.2, -0.15) is 9.98 Å². The number of aromatic nitrogens is 1. The van der Waals surface area contributed by atoms with Crippen LogP contribution in [0.25, 0.3) is 28.1 Å². The van der Waals surface area contributed by atoms with Gasteiger partial charge in [-0.3, -0.25) is 0 Å². The van der Waals surface area contributed by atoms with Crippen molar-refractivity contribution in [3.63, 3.8) is 0 Å². The number of hydrogen-bond donors (Lipinski definition) is 5. The summed E-state index contributed by atoms with van der Waals surface area (Å²) in [7, 11) is -2.80. The zero-order valence-corrected chi connectivity index (χ0v) is 23.1. The van der Waals surface area contributed by atoms with Gasteiger partial charge in [-0.25, -0.2) is 8.42 Å². The van der Waals surface area contributed by atoms with E-state index in [4.69, 9.17) is 9.47 Å². The highest BCUT2D eigenvalue weighted by Crippen LogP contribution is 2.30. The first-order chi connectivity index (χ1) is 19.6. The van der Waals surface area contributed by atoms with Crippen molar-refractivity contribution in [1.29, 1.82) is 5.26 Å². The Balaban J connectivity index is 1.38. The number of rotatable bonds is 7. The van der Waals surface area contributed by atoms with E-state index in [-0.39, 0.29) is 0 Å². The third kappa shape index (κ3) is 5.87. The Morgan fingerprint density at radius 2 is 1.78 bits per heavy atom. The van der Waals surface area contributed by atoms with Gasteiger partial charge in [0.15, 0.2) is 11.2 Å². The third-order valence-corrected chi connectivity index (χ3v) is 8.90. The van der Waals surface area contributed by atoms with Gasteiger partial charge in [-0.05, 0) is 52.7 Å². The minimum absolute atomic E-state index is 0.422. The van der Waals surface area contributed by atoms with Crippen LogP contribution < -0.4 is 9.62 Å². The molecule has 5 atom stereocenters. The highest BCUT2D eigenvalue weighted by molar-refractivity contribution is 7.93. The SMILES string of the molecule is Cn1c(/C=C(\C#N)S(=O)(=O)N[C@H]2C(O)O[C@H](CO)[C@@H](O)[C@@H]2O)ccc1-c1ccc2cc(N3CCOCC3)ccc2c1. The number of ether oxygens (including phenoxy) is 2. The van der Waals surface area contributed by atoms with E-state index in [9.17, 15) is 34.1 Å². The minimum atomic E-state index is -4.55. The Morgan fingerprint density at radius 3 is 2.49 bits per heavy atom. The number of anilines is 1. The van der Waals surface area contributed by atoms with E-state index >= 15 is 0 Å². The quantitative estimate of drug-likeness (QED) is 0.242. The molecule has 2 fully saturated rings. The van der Waals surface area contributed by atoms with Crippen LogP contribution in [0.1, 0.15) is 5.69 Å². The molecular formula is C28H32N4O8S. The molecule has 3 heterocycles. The Morgan fingerprint density at radius 1 is 1.07 bits per heavy atom. The molecule has 0 aliphatic carbocycles. The number of fused-ring (bicyclic) bond motifs is 1.